The van der Waals surface area contributed by atoms with E-state index in [4.69, 9.17) is 4.74 Å². The molecule has 19 heavy (non-hydrogen) atoms. The Balaban J connectivity index is 2.04. The van der Waals surface area contributed by atoms with Crippen molar-refractivity contribution in [3.05, 3.63) is 29.6 Å². The van der Waals surface area contributed by atoms with E-state index < -0.39 is 0 Å². The monoisotopic (exact) mass is 256 g/mol. The van der Waals surface area contributed by atoms with Crippen LogP contribution < -0.4 is 10.1 Å². The number of anilines is 1. The lowest BCUT2D eigenvalue weighted by atomic mass is 10.2. The molecule has 0 spiro atoms. The number of hydrogen-bond acceptors (Lipinski definition) is 5. The van der Waals surface area contributed by atoms with E-state index in [0.29, 0.717) is 5.88 Å². The number of pyridine rings is 1. The molecular weight excluding hydrogens is 240 g/mol. The Hall–Kier alpha value is -2.17. The van der Waals surface area contributed by atoms with Gasteiger partial charge >= 0.3 is 0 Å². The molecule has 1 N–H and O–H groups in total. The molecule has 0 unspecified atom stereocenters. The first-order valence-electron chi connectivity index (χ1n) is 6.40. The topological polar surface area (TPSA) is 59.9 Å². The molecule has 2 heterocycles. The molecule has 2 aromatic rings. The summed E-state index contributed by atoms with van der Waals surface area (Å²) in [6.07, 6.45) is 4.99. The van der Waals surface area contributed by atoms with Crippen molar-refractivity contribution < 1.29 is 4.74 Å². The van der Waals surface area contributed by atoms with E-state index >= 15 is 0 Å². The van der Waals surface area contributed by atoms with E-state index in [2.05, 4.69) is 20.3 Å². The third-order valence-electron chi connectivity index (χ3n) is 3.37. The number of nitrogens with one attached hydrogen (secondary N) is 1. The molecule has 0 aromatic carbocycles. The Bertz CT molecular complexity index is 595. The number of methoxy groups -OCH3 is 1. The predicted octanol–water partition coefficient (Wildman–Crippen LogP) is 2.08. The standard InChI is InChI=1S/C14H16N4O/c1-15-14-10-4-3-5-11(10)17-13(18-14)9-6-7-12(19-2)16-8-9/h6-8H,3-5H2,1-2H3,(H,15,17,18). The molecule has 0 amide bonds. The van der Waals surface area contributed by atoms with Crippen LogP contribution in [-0.2, 0) is 12.8 Å². The Morgan fingerprint density at radius 1 is 1.21 bits per heavy atom. The van der Waals surface area contributed by atoms with Crippen LogP contribution in [0.2, 0.25) is 0 Å². The molecule has 0 fully saturated rings. The van der Waals surface area contributed by atoms with Crippen molar-refractivity contribution in [2.24, 2.45) is 0 Å². The second kappa shape index (κ2) is 4.84. The summed E-state index contributed by atoms with van der Waals surface area (Å²) in [5.41, 5.74) is 3.32. The fourth-order valence-electron chi connectivity index (χ4n) is 2.40. The first kappa shape index (κ1) is 11.9. The number of fused-ring (bicyclic) bond motifs is 1. The van der Waals surface area contributed by atoms with Crippen LogP contribution in [-0.4, -0.2) is 29.1 Å². The molecular formula is C14H16N4O. The SMILES string of the molecule is CNc1nc(-c2ccc(OC)nc2)nc2c1CCC2. The first-order chi connectivity index (χ1) is 9.31. The summed E-state index contributed by atoms with van der Waals surface area (Å²) in [4.78, 5) is 13.4. The van der Waals surface area contributed by atoms with Crippen molar-refractivity contribution in [1.29, 1.82) is 0 Å². The van der Waals surface area contributed by atoms with Gasteiger partial charge in [0, 0.05) is 36.1 Å². The molecule has 5 nitrogen and oxygen atoms in total. The molecule has 0 bridgehead atoms. The Morgan fingerprint density at radius 3 is 2.79 bits per heavy atom. The maximum Gasteiger partial charge on any atom is 0.212 e. The number of aromatic nitrogens is 3. The van der Waals surface area contributed by atoms with E-state index in [1.807, 2.05) is 19.2 Å². The fraction of sp³-hybridized carbons (Fsp3) is 0.357. The second-order valence-electron chi connectivity index (χ2n) is 4.51. The molecule has 5 heteroatoms. The molecule has 0 saturated carbocycles. The number of hydrogen-bond donors (Lipinski definition) is 1. The maximum absolute atomic E-state index is 5.06. The van der Waals surface area contributed by atoms with Gasteiger partial charge in [-0.2, -0.15) is 0 Å². The van der Waals surface area contributed by atoms with E-state index in [9.17, 15) is 0 Å². The van der Waals surface area contributed by atoms with Crippen LogP contribution in [0.1, 0.15) is 17.7 Å². The zero-order valence-corrected chi connectivity index (χ0v) is 11.1. The van der Waals surface area contributed by atoms with E-state index in [0.717, 1.165) is 42.2 Å². The predicted molar refractivity (Wildman–Crippen MR) is 73.4 cm³/mol. The molecule has 0 saturated heterocycles. The number of rotatable bonds is 3. The lowest BCUT2D eigenvalue weighted by Gasteiger charge is -2.09. The molecule has 3 rings (SSSR count). The highest BCUT2D eigenvalue weighted by molar-refractivity contribution is 5.60. The van der Waals surface area contributed by atoms with E-state index in [-0.39, 0.29) is 0 Å². The van der Waals surface area contributed by atoms with Gasteiger partial charge in [-0.1, -0.05) is 0 Å². The average Bonchev–Trinajstić information content (AvgIpc) is 2.94. The summed E-state index contributed by atoms with van der Waals surface area (Å²) >= 11 is 0. The van der Waals surface area contributed by atoms with Crippen LogP contribution in [0.25, 0.3) is 11.4 Å². The normalized spacial score (nSPS) is 13.2. The molecule has 1 aliphatic rings. The third kappa shape index (κ3) is 2.12. The number of ether oxygens (including phenoxy) is 1. The lowest BCUT2D eigenvalue weighted by Crippen LogP contribution is -2.03. The van der Waals surface area contributed by atoms with Crippen molar-refractivity contribution >= 4 is 5.82 Å². The van der Waals surface area contributed by atoms with Gasteiger partial charge in [0.25, 0.3) is 0 Å². The Morgan fingerprint density at radius 2 is 2.11 bits per heavy atom. The zero-order chi connectivity index (χ0) is 13.2. The lowest BCUT2D eigenvalue weighted by molar-refractivity contribution is 0.398. The molecule has 0 aliphatic heterocycles. The summed E-state index contributed by atoms with van der Waals surface area (Å²) < 4.78 is 5.06. The van der Waals surface area contributed by atoms with Gasteiger partial charge in [-0.3, -0.25) is 0 Å². The van der Waals surface area contributed by atoms with Crippen molar-refractivity contribution in [3.8, 4) is 17.3 Å². The molecule has 0 radical (unpaired) electrons. The van der Waals surface area contributed by atoms with Crippen LogP contribution in [0, 0.1) is 0 Å². The maximum atomic E-state index is 5.06. The van der Waals surface area contributed by atoms with Gasteiger partial charge in [0.05, 0.1) is 7.11 Å². The number of nitrogens with zero attached hydrogens (tertiary/aromatic N) is 3. The van der Waals surface area contributed by atoms with Crippen molar-refractivity contribution in [3.63, 3.8) is 0 Å². The minimum atomic E-state index is 0.596. The van der Waals surface area contributed by atoms with E-state index in [1.165, 1.54) is 5.56 Å². The largest absolute Gasteiger partial charge is 0.481 e. The smallest absolute Gasteiger partial charge is 0.212 e. The summed E-state index contributed by atoms with van der Waals surface area (Å²) in [5.74, 6) is 2.26. The van der Waals surface area contributed by atoms with Crippen molar-refractivity contribution in [2.45, 2.75) is 19.3 Å². The summed E-state index contributed by atoms with van der Waals surface area (Å²) in [6.45, 7) is 0. The molecule has 0 atom stereocenters. The van der Waals surface area contributed by atoms with Crippen LogP contribution in [0.3, 0.4) is 0 Å². The molecule has 1 aliphatic carbocycles. The quantitative estimate of drug-likeness (QED) is 0.911. The molecule has 98 valence electrons. The first-order valence-corrected chi connectivity index (χ1v) is 6.40. The van der Waals surface area contributed by atoms with E-state index in [1.54, 1.807) is 13.3 Å². The van der Waals surface area contributed by atoms with Gasteiger partial charge in [0.1, 0.15) is 5.82 Å². The van der Waals surface area contributed by atoms with Gasteiger partial charge < -0.3 is 10.1 Å². The number of aryl methyl sites for hydroxylation is 1. The highest BCUT2D eigenvalue weighted by Crippen LogP contribution is 2.28. The summed E-state index contributed by atoms with van der Waals surface area (Å²) in [7, 11) is 3.50. The minimum Gasteiger partial charge on any atom is -0.481 e. The van der Waals surface area contributed by atoms with Gasteiger partial charge in [-0.25, -0.2) is 15.0 Å². The fourth-order valence-corrected chi connectivity index (χ4v) is 2.40. The summed E-state index contributed by atoms with van der Waals surface area (Å²) in [5, 5.41) is 3.16. The average molecular weight is 256 g/mol. The third-order valence-corrected chi connectivity index (χ3v) is 3.37. The Kier molecular flexibility index (Phi) is 3.03. The summed E-state index contributed by atoms with van der Waals surface area (Å²) in [6, 6.07) is 3.76. The van der Waals surface area contributed by atoms with Gasteiger partial charge in [-0.05, 0) is 25.3 Å². The van der Waals surface area contributed by atoms with Crippen LogP contribution >= 0.6 is 0 Å². The van der Waals surface area contributed by atoms with Crippen LogP contribution in [0.4, 0.5) is 5.82 Å². The van der Waals surface area contributed by atoms with Gasteiger partial charge in [0.2, 0.25) is 5.88 Å². The molecule has 2 aromatic heterocycles. The van der Waals surface area contributed by atoms with Gasteiger partial charge in [-0.15, -0.1) is 0 Å². The zero-order valence-electron chi connectivity index (χ0n) is 11.1. The van der Waals surface area contributed by atoms with Gasteiger partial charge in [0.15, 0.2) is 5.82 Å². The van der Waals surface area contributed by atoms with Crippen molar-refractivity contribution in [1.82, 2.24) is 15.0 Å². The highest BCUT2D eigenvalue weighted by atomic mass is 16.5. The second-order valence-corrected chi connectivity index (χ2v) is 4.51. The highest BCUT2D eigenvalue weighted by Gasteiger charge is 2.19. The van der Waals surface area contributed by atoms with Crippen LogP contribution in [0.15, 0.2) is 18.3 Å². The Labute approximate surface area is 112 Å². The minimum absolute atomic E-state index is 0.596. The van der Waals surface area contributed by atoms with Crippen molar-refractivity contribution in [2.75, 3.05) is 19.5 Å². The van der Waals surface area contributed by atoms with Crippen LogP contribution in [0.5, 0.6) is 5.88 Å².